The van der Waals surface area contributed by atoms with Gasteiger partial charge < -0.3 is 15.2 Å². The van der Waals surface area contributed by atoms with Crippen molar-refractivity contribution < 1.29 is 14.6 Å². The molecule has 114 valence electrons. The number of carbonyl (C=O) groups excluding carboxylic acids is 1. The quantitative estimate of drug-likeness (QED) is 0.898. The molecular weight excluding hydrogens is 292 g/mol. The summed E-state index contributed by atoms with van der Waals surface area (Å²) in [5.74, 6) is 0. The Morgan fingerprint density at radius 3 is 2.57 bits per heavy atom. The first kappa shape index (κ1) is 17.3. The van der Waals surface area contributed by atoms with Gasteiger partial charge in [0.25, 0.3) is 0 Å². The Labute approximate surface area is 129 Å². The Bertz CT molecular complexity index is 561. The Balaban J connectivity index is 2.77. The first-order valence-electron chi connectivity index (χ1n) is 6.51. The van der Waals surface area contributed by atoms with E-state index in [0.717, 1.165) is 0 Å². The van der Waals surface area contributed by atoms with Crippen LogP contribution in [0.15, 0.2) is 18.2 Å². The average Bonchev–Trinajstić information content (AvgIpc) is 2.35. The molecule has 1 aromatic rings. The van der Waals surface area contributed by atoms with E-state index in [9.17, 15) is 9.90 Å². The maximum atomic E-state index is 11.7. The number of aliphatic hydroxyl groups is 1. The van der Waals surface area contributed by atoms with Crippen molar-refractivity contribution >= 4 is 17.7 Å². The van der Waals surface area contributed by atoms with Gasteiger partial charge in [-0.15, -0.1) is 0 Å². The van der Waals surface area contributed by atoms with Crippen molar-refractivity contribution in [2.24, 2.45) is 0 Å². The lowest BCUT2D eigenvalue weighted by Gasteiger charge is -2.25. The third-order valence-electron chi connectivity index (χ3n) is 2.67. The van der Waals surface area contributed by atoms with Gasteiger partial charge in [0.15, 0.2) is 0 Å². The Morgan fingerprint density at radius 2 is 2.10 bits per heavy atom. The van der Waals surface area contributed by atoms with Crippen molar-refractivity contribution in [2.45, 2.75) is 45.4 Å². The molecule has 0 saturated carbocycles. The molecule has 1 rings (SSSR count). The van der Waals surface area contributed by atoms with Crippen LogP contribution in [0.25, 0.3) is 0 Å². The third kappa shape index (κ3) is 5.25. The molecule has 0 heterocycles. The minimum absolute atomic E-state index is 0.277. The SMILES string of the molecule is C[C@H](NC(=O)OC(C)(C)C)C(O)c1ccc(C#N)cc1Cl. The minimum atomic E-state index is -1.00. The standard InChI is InChI=1S/C15H19ClN2O3/c1-9(18-14(20)21-15(2,3)4)13(19)11-6-5-10(8-17)7-12(11)16/h5-7,9,13,19H,1-4H3,(H,18,20)/t9-,13?/m0/s1. The molecule has 1 unspecified atom stereocenters. The zero-order valence-electron chi connectivity index (χ0n) is 12.5. The van der Waals surface area contributed by atoms with Crippen LogP contribution in [-0.2, 0) is 4.74 Å². The maximum absolute atomic E-state index is 11.7. The number of hydrogen-bond donors (Lipinski definition) is 2. The summed E-state index contributed by atoms with van der Waals surface area (Å²) in [6.07, 6.45) is -1.61. The van der Waals surface area contributed by atoms with Crippen LogP contribution < -0.4 is 5.32 Å². The van der Waals surface area contributed by atoms with E-state index in [4.69, 9.17) is 21.6 Å². The van der Waals surface area contributed by atoms with Gasteiger partial charge in [0, 0.05) is 10.6 Å². The number of nitrogens with one attached hydrogen (secondary N) is 1. The molecule has 0 aliphatic carbocycles. The summed E-state index contributed by atoms with van der Waals surface area (Å²) in [5, 5.41) is 21.9. The van der Waals surface area contributed by atoms with E-state index in [1.54, 1.807) is 39.8 Å². The number of nitrogens with zero attached hydrogens (tertiary/aromatic N) is 1. The van der Waals surface area contributed by atoms with Crippen molar-refractivity contribution in [1.29, 1.82) is 5.26 Å². The van der Waals surface area contributed by atoms with Gasteiger partial charge in [0.05, 0.1) is 17.7 Å². The Hall–Kier alpha value is -1.77. The van der Waals surface area contributed by atoms with E-state index in [2.05, 4.69) is 5.32 Å². The van der Waals surface area contributed by atoms with Gasteiger partial charge in [-0.05, 0) is 39.8 Å². The number of hydrogen-bond acceptors (Lipinski definition) is 4. The fraction of sp³-hybridized carbons (Fsp3) is 0.467. The number of carbonyl (C=O) groups is 1. The second-order valence-corrected chi connectivity index (χ2v) is 6.14. The highest BCUT2D eigenvalue weighted by atomic mass is 35.5. The summed E-state index contributed by atoms with van der Waals surface area (Å²) in [4.78, 5) is 11.7. The van der Waals surface area contributed by atoms with Gasteiger partial charge in [-0.3, -0.25) is 0 Å². The van der Waals surface area contributed by atoms with E-state index in [0.29, 0.717) is 11.1 Å². The first-order valence-corrected chi connectivity index (χ1v) is 6.89. The minimum Gasteiger partial charge on any atom is -0.444 e. The molecule has 5 nitrogen and oxygen atoms in total. The largest absolute Gasteiger partial charge is 0.444 e. The molecule has 0 aromatic heterocycles. The van der Waals surface area contributed by atoms with Crippen LogP contribution >= 0.6 is 11.6 Å². The highest BCUT2D eigenvalue weighted by Gasteiger charge is 2.23. The normalized spacial score (nSPS) is 14.0. The molecule has 2 N–H and O–H groups in total. The number of halogens is 1. The van der Waals surface area contributed by atoms with Gasteiger partial charge >= 0.3 is 6.09 Å². The van der Waals surface area contributed by atoms with Crippen LogP contribution in [0.5, 0.6) is 0 Å². The number of rotatable bonds is 3. The molecule has 2 atom stereocenters. The topological polar surface area (TPSA) is 82.3 Å². The number of amides is 1. The monoisotopic (exact) mass is 310 g/mol. The van der Waals surface area contributed by atoms with E-state index >= 15 is 0 Å². The van der Waals surface area contributed by atoms with Crippen molar-refractivity contribution in [2.75, 3.05) is 0 Å². The van der Waals surface area contributed by atoms with E-state index in [-0.39, 0.29) is 5.02 Å². The predicted octanol–water partition coefficient (Wildman–Crippen LogP) is 3.16. The number of benzene rings is 1. The molecular formula is C15H19ClN2O3. The van der Waals surface area contributed by atoms with Crippen LogP contribution in [0.4, 0.5) is 4.79 Å². The summed E-state index contributed by atoms with van der Waals surface area (Å²) in [5.41, 5.74) is 0.240. The highest BCUT2D eigenvalue weighted by Crippen LogP contribution is 2.26. The van der Waals surface area contributed by atoms with Gasteiger partial charge in [-0.25, -0.2) is 4.79 Å². The number of nitriles is 1. The molecule has 0 fully saturated rings. The molecule has 0 bridgehead atoms. The fourth-order valence-electron chi connectivity index (χ4n) is 1.68. The molecule has 0 spiro atoms. The second-order valence-electron chi connectivity index (χ2n) is 5.73. The smallest absolute Gasteiger partial charge is 0.407 e. The molecule has 1 amide bonds. The molecule has 0 aliphatic rings. The average molecular weight is 311 g/mol. The molecule has 0 aliphatic heterocycles. The molecule has 1 aromatic carbocycles. The molecule has 6 heteroatoms. The molecule has 21 heavy (non-hydrogen) atoms. The first-order chi connectivity index (χ1) is 9.64. The van der Waals surface area contributed by atoms with Crippen molar-refractivity contribution in [3.8, 4) is 6.07 Å². The van der Waals surface area contributed by atoms with Crippen LogP contribution in [0, 0.1) is 11.3 Å². The van der Waals surface area contributed by atoms with Crippen LogP contribution in [0.2, 0.25) is 5.02 Å². The van der Waals surface area contributed by atoms with Crippen molar-refractivity contribution in [3.05, 3.63) is 34.3 Å². The van der Waals surface area contributed by atoms with E-state index in [1.165, 1.54) is 6.07 Å². The lowest BCUT2D eigenvalue weighted by molar-refractivity contribution is 0.0436. The number of ether oxygens (including phenoxy) is 1. The van der Waals surface area contributed by atoms with E-state index in [1.807, 2.05) is 6.07 Å². The number of alkyl carbamates (subject to hydrolysis) is 1. The van der Waals surface area contributed by atoms with Gasteiger partial charge in [0.1, 0.15) is 11.7 Å². The Morgan fingerprint density at radius 1 is 1.48 bits per heavy atom. The van der Waals surface area contributed by atoms with Crippen molar-refractivity contribution in [1.82, 2.24) is 5.32 Å². The van der Waals surface area contributed by atoms with Gasteiger partial charge in [0.2, 0.25) is 0 Å². The second kappa shape index (κ2) is 6.79. The summed E-state index contributed by atoms with van der Waals surface area (Å²) < 4.78 is 5.12. The lowest BCUT2D eigenvalue weighted by atomic mass is 10.0. The van der Waals surface area contributed by atoms with Crippen LogP contribution in [0.1, 0.15) is 44.9 Å². The van der Waals surface area contributed by atoms with Crippen molar-refractivity contribution in [3.63, 3.8) is 0 Å². The zero-order valence-corrected chi connectivity index (χ0v) is 13.2. The summed E-state index contributed by atoms with van der Waals surface area (Å²) in [6.45, 7) is 6.91. The Kier molecular flexibility index (Phi) is 5.59. The van der Waals surface area contributed by atoms with Gasteiger partial charge in [-0.2, -0.15) is 5.26 Å². The van der Waals surface area contributed by atoms with Crippen LogP contribution in [-0.4, -0.2) is 22.8 Å². The van der Waals surface area contributed by atoms with Gasteiger partial charge in [-0.1, -0.05) is 17.7 Å². The zero-order chi connectivity index (χ0) is 16.2. The molecule has 0 saturated heterocycles. The maximum Gasteiger partial charge on any atom is 0.407 e. The molecule has 0 radical (unpaired) electrons. The number of aliphatic hydroxyl groups excluding tert-OH is 1. The summed E-state index contributed by atoms with van der Waals surface area (Å²) in [7, 11) is 0. The fourth-order valence-corrected chi connectivity index (χ4v) is 1.97. The predicted molar refractivity (Wildman–Crippen MR) is 80.0 cm³/mol. The lowest BCUT2D eigenvalue weighted by Crippen LogP contribution is -2.40. The highest BCUT2D eigenvalue weighted by molar-refractivity contribution is 6.31. The third-order valence-corrected chi connectivity index (χ3v) is 2.99. The summed E-state index contributed by atoms with van der Waals surface area (Å²) >= 11 is 6.04. The van der Waals surface area contributed by atoms with Crippen LogP contribution in [0.3, 0.4) is 0 Å². The summed E-state index contributed by atoms with van der Waals surface area (Å²) in [6, 6.07) is 5.97. The van der Waals surface area contributed by atoms with E-state index < -0.39 is 23.8 Å².